The highest BCUT2D eigenvalue weighted by Gasteiger charge is 2.51. The molecule has 8 heterocycles. The van der Waals surface area contributed by atoms with Crippen LogP contribution in [0.2, 0.25) is 0 Å². The molecule has 3 saturated heterocycles. The molecule has 6 bridgehead atoms. The minimum absolute atomic E-state index is 0.0233. The zero-order chi connectivity index (χ0) is 40.1. The van der Waals surface area contributed by atoms with Crippen LogP contribution in [0.4, 0.5) is 30.8 Å². The van der Waals surface area contributed by atoms with E-state index in [1.54, 1.807) is 31.0 Å². The third kappa shape index (κ3) is 5.71. The zero-order valence-electron chi connectivity index (χ0n) is 32.1. The second-order valence-corrected chi connectivity index (χ2v) is 15.6. The molecular formula is C40H39F3N12O3. The monoisotopic (exact) mass is 792 g/mol. The molecule has 5 atom stereocenters. The van der Waals surface area contributed by atoms with Crippen molar-refractivity contribution in [3.05, 3.63) is 78.0 Å². The van der Waals surface area contributed by atoms with Crippen molar-refractivity contribution in [3.63, 3.8) is 0 Å². The molecule has 0 unspecified atom stereocenters. The van der Waals surface area contributed by atoms with Crippen molar-refractivity contribution in [2.24, 2.45) is 0 Å². The van der Waals surface area contributed by atoms with Crippen molar-refractivity contribution in [2.45, 2.75) is 56.6 Å². The lowest BCUT2D eigenvalue weighted by molar-refractivity contribution is -0.138. The van der Waals surface area contributed by atoms with Gasteiger partial charge in [-0.25, -0.2) is 27.8 Å². The van der Waals surface area contributed by atoms with E-state index < -0.39 is 35.6 Å². The van der Waals surface area contributed by atoms with Gasteiger partial charge in [0.25, 0.3) is 0 Å². The summed E-state index contributed by atoms with van der Waals surface area (Å²) in [6.45, 7) is 3.16. The lowest BCUT2D eigenvalue weighted by atomic mass is 9.87. The van der Waals surface area contributed by atoms with Gasteiger partial charge >= 0.3 is 0 Å². The number of aryl methyl sites for hydroxylation is 1. The number of piperidine rings is 1. The molecule has 3 fully saturated rings. The number of amides is 2. The molecular weight excluding hydrogens is 754 g/mol. The van der Waals surface area contributed by atoms with Crippen LogP contribution in [0.15, 0.2) is 54.7 Å². The Morgan fingerprint density at radius 3 is 2.45 bits per heavy atom. The molecule has 2 aromatic carbocycles. The predicted octanol–water partition coefficient (Wildman–Crippen LogP) is 3.92. The number of rotatable bonds is 4. The number of hydrogen-bond acceptors (Lipinski definition) is 11. The molecule has 18 heteroatoms. The maximum absolute atomic E-state index is 15.4. The van der Waals surface area contributed by atoms with Crippen LogP contribution in [0.25, 0.3) is 39.0 Å². The van der Waals surface area contributed by atoms with Crippen LogP contribution in [0.3, 0.4) is 0 Å². The average Bonchev–Trinajstić information content (AvgIpc) is 3.89. The number of hydrogen-bond donors (Lipinski definition) is 1. The first kappa shape index (κ1) is 36.1. The summed E-state index contributed by atoms with van der Waals surface area (Å²) < 4.78 is 53.8. The van der Waals surface area contributed by atoms with Gasteiger partial charge in [-0.15, -0.1) is 0 Å². The van der Waals surface area contributed by atoms with E-state index in [-0.39, 0.29) is 54.3 Å². The highest BCUT2D eigenvalue weighted by molar-refractivity contribution is 5.95. The number of piperazine rings is 1. The number of nitrogens with one attached hydrogen (secondary N) is 1. The fourth-order valence-corrected chi connectivity index (χ4v) is 9.10. The van der Waals surface area contributed by atoms with Crippen LogP contribution in [0.5, 0.6) is 0 Å². The summed E-state index contributed by atoms with van der Waals surface area (Å²) in [4.78, 5) is 54.7. The van der Waals surface area contributed by atoms with Crippen LogP contribution in [-0.2, 0) is 20.9 Å². The second-order valence-electron chi connectivity index (χ2n) is 15.6. The van der Waals surface area contributed by atoms with Crippen LogP contribution in [0, 0.1) is 24.4 Å². The Morgan fingerprint density at radius 1 is 0.845 bits per heavy atom. The molecule has 10 rings (SSSR count). The van der Waals surface area contributed by atoms with Crippen LogP contribution < -0.4 is 15.1 Å². The number of aromatic nitrogens is 7. The molecule has 0 spiro atoms. The summed E-state index contributed by atoms with van der Waals surface area (Å²) in [6.07, 6.45) is 2.03. The van der Waals surface area contributed by atoms with E-state index in [0.29, 0.717) is 71.1 Å². The molecule has 298 valence electrons. The van der Waals surface area contributed by atoms with E-state index in [9.17, 15) is 14.0 Å². The SMILES string of the molecule is CO[C@H]1CN(C)C(=O)[C@@H]2C[C@@H](CN2c2nc(N3[C@@H]4C[C@H]3C(=O)N(C)C4)nc3c2cnn3-c2ccc(F)cc2F)Nc2cccc(n2)-c2cc(F)cc3nc(C)n(c23)C1. The molecule has 0 saturated carbocycles. The van der Waals surface area contributed by atoms with Crippen LogP contribution in [-0.4, -0.2) is 127 Å². The van der Waals surface area contributed by atoms with Gasteiger partial charge in [0.1, 0.15) is 46.9 Å². The molecule has 2 amide bonds. The van der Waals surface area contributed by atoms with Gasteiger partial charge in [0.15, 0.2) is 11.5 Å². The van der Waals surface area contributed by atoms with E-state index in [1.807, 2.05) is 39.5 Å². The van der Waals surface area contributed by atoms with Crippen LogP contribution in [0.1, 0.15) is 18.7 Å². The summed E-state index contributed by atoms with van der Waals surface area (Å²) >= 11 is 0. The predicted molar refractivity (Wildman–Crippen MR) is 208 cm³/mol. The molecule has 15 nitrogen and oxygen atoms in total. The first-order chi connectivity index (χ1) is 27.9. The lowest BCUT2D eigenvalue weighted by Gasteiger charge is -2.54. The van der Waals surface area contributed by atoms with Crippen molar-refractivity contribution >= 4 is 51.5 Å². The highest BCUT2D eigenvalue weighted by Crippen LogP contribution is 2.40. The fraction of sp³-hybridized carbons (Fsp3) is 0.375. The maximum Gasteiger partial charge on any atom is 0.245 e. The van der Waals surface area contributed by atoms with Crippen molar-refractivity contribution < 1.29 is 27.5 Å². The quantitative estimate of drug-likeness (QED) is 0.278. The minimum atomic E-state index is -0.836. The first-order valence-corrected chi connectivity index (χ1v) is 19.1. The number of pyridine rings is 1. The average molecular weight is 793 g/mol. The van der Waals surface area contributed by atoms with E-state index in [0.717, 1.165) is 12.1 Å². The number of anilines is 3. The fourth-order valence-electron chi connectivity index (χ4n) is 9.10. The number of imidazole rings is 1. The molecule has 4 aromatic heterocycles. The van der Waals surface area contributed by atoms with Crippen molar-refractivity contribution in [2.75, 3.05) is 56.0 Å². The minimum Gasteiger partial charge on any atom is -0.378 e. The third-order valence-electron chi connectivity index (χ3n) is 11.9. The summed E-state index contributed by atoms with van der Waals surface area (Å²) in [5.74, 6) is -0.457. The van der Waals surface area contributed by atoms with Crippen LogP contribution >= 0.6 is 0 Å². The number of nitrogens with zero attached hydrogens (tertiary/aromatic N) is 11. The second kappa shape index (κ2) is 13.4. The Balaban J connectivity index is 1.11. The molecule has 0 aliphatic carbocycles. The van der Waals surface area contributed by atoms with E-state index in [1.165, 1.54) is 29.1 Å². The molecule has 4 aliphatic rings. The maximum atomic E-state index is 15.4. The zero-order valence-corrected chi connectivity index (χ0v) is 32.1. The number of ether oxygens (including phenoxy) is 1. The van der Waals surface area contributed by atoms with Gasteiger partial charge in [-0.2, -0.15) is 15.1 Å². The number of carbonyl (C=O) groups excluding carboxylic acids is 2. The van der Waals surface area contributed by atoms with E-state index in [2.05, 4.69) is 15.4 Å². The summed E-state index contributed by atoms with van der Waals surface area (Å²) in [5.41, 5.74) is 2.53. The lowest BCUT2D eigenvalue weighted by Crippen LogP contribution is -2.71. The van der Waals surface area contributed by atoms with Gasteiger partial charge in [-0.05, 0) is 50.1 Å². The highest BCUT2D eigenvalue weighted by atomic mass is 19.1. The Morgan fingerprint density at radius 2 is 1.66 bits per heavy atom. The molecule has 0 radical (unpaired) electrons. The third-order valence-corrected chi connectivity index (χ3v) is 11.9. The van der Waals surface area contributed by atoms with Gasteiger partial charge in [0.05, 0.1) is 47.0 Å². The van der Waals surface area contributed by atoms with Gasteiger partial charge in [-0.3, -0.25) is 9.59 Å². The molecule has 4 aliphatic heterocycles. The van der Waals surface area contributed by atoms with E-state index >= 15 is 8.78 Å². The Hall–Kier alpha value is -6.30. The summed E-state index contributed by atoms with van der Waals surface area (Å²) in [7, 11) is 5.09. The van der Waals surface area contributed by atoms with Gasteiger partial charge < -0.3 is 34.2 Å². The number of fused-ring (bicyclic) bond motifs is 8. The Kier molecular flexibility index (Phi) is 8.33. The molecule has 1 N–H and O–H groups in total. The summed E-state index contributed by atoms with van der Waals surface area (Å²) in [6, 6.07) is 9.98. The van der Waals surface area contributed by atoms with Crippen molar-refractivity contribution in [1.82, 2.24) is 44.1 Å². The number of benzene rings is 2. The largest absolute Gasteiger partial charge is 0.378 e. The summed E-state index contributed by atoms with van der Waals surface area (Å²) in [5, 5.41) is 8.48. The van der Waals surface area contributed by atoms with Gasteiger partial charge in [-0.1, -0.05) is 6.07 Å². The van der Waals surface area contributed by atoms with Gasteiger partial charge in [0, 0.05) is 64.6 Å². The normalized spacial score (nSPS) is 23.3. The topological polar surface area (TPSA) is 143 Å². The first-order valence-electron chi connectivity index (χ1n) is 19.1. The standard InChI is InChI=1S/C40H39F3N12O3/c1-20-45-30-12-22(42)10-26-29-6-5-7-34(47-29)46-23-13-32(38(56)51(3)18-25(58-4)19-52(20)35(26)30)53(16-23)36-27-15-44-55(31-9-8-21(41)11-28(31)43)37(27)49-40(48-36)54-24-14-33(54)39(57)50(2)17-24/h5-12,15,23-25,32-33H,13-14,16-19H2,1-4H3,(H,46,47)/t23-,24+,25-,32-,33-/m0/s1. The van der Waals surface area contributed by atoms with Crippen molar-refractivity contribution in [3.8, 4) is 16.9 Å². The van der Waals surface area contributed by atoms with Crippen molar-refractivity contribution in [1.29, 1.82) is 0 Å². The number of likely N-dealkylation sites (tertiary alicyclic amines) is 1. The Labute approximate surface area is 330 Å². The molecule has 58 heavy (non-hydrogen) atoms. The number of halogens is 3. The number of likely N-dealkylation sites (N-methyl/N-ethyl adjacent to an activating group) is 2. The Bertz CT molecular complexity index is 2670. The number of carbonyl (C=O) groups is 2. The van der Waals surface area contributed by atoms with Gasteiger partial charge in [0.2, 0.25) is 17.8 Å². The smallest absolute Gasteiger partial charge is 0.245 e. The van der Waals surface area contributed by atoms with E-state index in [4.69, 9.17) is 19.7 Å². The number of methoxy groups -OCH3 is 1. The molecule has 6 aromatic rings.